The van der Waals surface area contributed by atoms with Crippen LogP contribution in [0.1, 0.15) is 28.0 Å². The molecule has 0 amide bonds. The summed E-state index contributed by atoms with van der Waals surface area (Å²) in [4.78, 5) is 8.88. The van der Waals surface area contributed by atoms with E-state index < -0.39 is 5.82 Å². The van der Waals surface area contributed by atoms with Crippen molar-refractivity contribution < 1.29 is 4.39 Å². The lowest BCUT2D eigenvalue weighted by atomic mass is 10.1. The van der Waals surface area contributed by atoms with Crippen LogP contribution in [0.3, 0.4) is 0 Å². The van der Waals surface area contributed by atoms with Gasteiger partial charge in [-0.2, -0.15) is 0 Å². The van der Waals surface area contributed by atoms with E-state index >= 15 is 0 Å². The van der Waals surface area contributed by atoms with Gasteiger partial charge in [-0.25, -0.2) is 14.4 Å². The Kier molecular flexibility index (Phi) is 4.04. The average molecular weight is 277 g/mol. The molecule has 5 heteroatoms. The van der Waals surface area contributed by atoms with Crippen molar-refractivity contribution in [1.29, 1.82) is 0 Å². The third-order valence-electron chi connectivity index (χ3n) is 2.84. The van der Waals surface area contributed by atoms with Gasteiger partial charge in [-0.3, -0.25) is 0 Å². The van der Waals surface area contributed by atoms with Crippen molar-refractivity contribution in [3.63, 3.8) is 0 Å². The van der Waals surface area contributed by atoms with Crippen LogP contribution in [0.4, 0.5) is 10.1 Å². The molecule has 0 saturated heterocycles. The van der Waals surface area contributed by atoms with Crippen LogP contribution in [0.25, 0.3) is 0 Å². The van der Waals surface area contributed by atoms with Crippen molar-refractivity contribution in [2.45, 2.75) is 19.1 Å². The van der Waals surface area contributed by atoms with Gasteiger partial charge in [0.2, 0.25) is 0 Å². The van der Waals surface area contributed by atoms with E-state index in [9.17, 15) is 4.39 Å². The molecule has 0 spiro atoms. The van der Waals surface area contributed by atoms with E-state index in [0.717, 1.165) is 17.0 Å². The van der Waals surface area contributed by atoms with Crippen molar-refractivity contribution in [3.05, 3.63) is 52.9 Å². The lowest BCUT2D eigenvalue weighted by molar-refractivity contribution is 0.630. The number of aromatic nitrogens is 2. The highest BCUT2D eigenvalue weighted by atomic mass is 32.2. The maximum atomic E-state index is 13.6. The summed E-state index contributed by atoms with van der Waals surface area (Å²) in [5.74, 6) is 0.267. The number of aryl methyl sites for hydroxylation is 2. The molecule has 1 aromatic carbocycles. The van der Waals surface area contributed by atoms with Crippen LogP contribution >= 0.6 is 11.8 Å². The first-order valence-electron chi connectivity index (χ1n) is 5.91. The predicted octanol–water partition coefficient (Wildman–Crippen LogP) is 3.27. The number of nitrogens with two attached hydrogens (primary N) is 1. The van der Waals surface area contributed by atoms with Gasteiger partial charge in [-0.1, -0.05) is 12.1 Å². The molecule has 2 aromatic rings. The summed E-state index contributed by atoms with van der Waals surface area (Å²) in [6, 6.07) is 6.75. The quantitative estimate of drug-likeness (QED) is 0.875. The Morgan fingerprint density at radius 1 is 1.21 bits per heavy atom. The molecule has 100 valence electrons. The number of rotatable bonds is 3. The number of hydrogen-bond donors (Lipinski definition) is 1. The summed E-state index contributed by atoms with van der Waals surface area (Å²) < 4.78 is 13.6. The monoisotopic (exact) mass is 277 g/mol. The fourth-order valence-corrected chi connectivity index (χ4v) is 2.80. The molecule has 2 rings (SSSR count). The molecule has 0 saturated carbocycles. The highest BCUT2D eigenvalue weighted by molar-refractivity contribution is 7.99. The molecule has 0 aliphatic heterocycles. The molecule has 0 radical (unpaired) electrons. The van der Waals surface area contributed by atoms with E-state index in [0.29, 0.717) is 5.82 Å². The lowest BCUT2D eigenvalue weighted by Crippen LogP contribution is -2.08. The lowest BCUT2D eigenvalue weighted by Gasteiger charge is -2.16. The van der Waals surface area contributed by atoms with Gasteiger partial charge >= 0.3 is 0 Å². The molecule has 2 N–H and O–H groups in total. The van der Waals surface area contributed by atoms with Gasteiger partial charge < -0.3 is 5.73 Å². The van der Waals surface area contributed by atoms with Gasteiger partial charge in [-0.15, -0.1) is 11.8 Å². The van der Waals surface area contributed by atoms with Crippen molar-refractivity contribution in [2.24, 2.45) is 0 Å². The first-order chi connectivity index (χ1) is 9.02. The van der Waals surface area contributed by atoms with Crippen LogP contribution in [-0.4, -0.2) is 16.2 Å². The average Bonchev–Trinajstić information content (AvgIpc) is 2.34. The predicted molar refractivity (Wildman–Crippen MR) is 77.7 cm³/mol. The number of benzene rings is 1. The number of hydrogen-bond acceptors (Lipinski definition) is 4. The fourth-order valence-electron chi connectivity index (χ4n) is 2.02. The third kappa shape index (κ3) is 2.87. The van der Waals surface area contributed by atoms with Crippen LogP contribution in [-0.2, 0) is 0 Å². The number of halogens is 1. The van der Waals surface area contributed by atoms with Crippen LogP contribution in [0.5, 0.6) is 0 Å². The second-order valence-corrected chi connectivity index (χ2v) is 5.31. The first kappa shape index (κ1) is 13.8. The number of thioether (sulfide) groups is 1. The number of para-hydroxylation sites is 1. The Hall–Kier alpha value is -1.62. The minimum Gasteiger partial charge on any atom is -0.396 e. The molecule has 0 fully saturated rings. The molecule has 0 aliphatic carbocycles. The molecule has 1 heterocycles. The van der Waals surface area contributed by atoms with Gasteiger partial charge in [0, 0.05) is 11.4 Å². The largest absolute Gasteiger partial charge is 0.396 e. The van der Waals surface area contributed by atoms with Crippen LogP contribution in [0.2, 0.25) is 0 Å². The smallest absolute Gasteiger partial charge is 0.146 e. The Morgan fingerprint density at radius 2 is 1.84 bits per heavy atom. The van der Waals surface area contributed by atoms with Gasteiger partial charge in [0.05, 0.1) is 10.9 Å². The molecule has 1 unspecified atom stereocenters. The normalized spacial score (nSPS) is 12.4. The fraction of sp³-hybridized carbons (Fsp3) is 0.286. The maximum absolute atomic E-state index is 13.6. The van der Waals surface area contributed by atoms with Gasteiger partial charge in [0.15, 0.2) is 0 Å². The minimum absolute atomic E-state index is 0.158. The van der Waals surface area contributed by atoms with Crippen molar-refractivity contribution >= 4 is 17.4 Å². The Labute approximate surface area is 116 Å². The van der Waals surface area contributed by atoms with Gasteiger partial charge in [0.1, 0.15) is 11.6 Å². The Bertz CT molecular complexity index is 581. The van der Waals surface area contributed by atoms with E-state index in [1.54, 1.807) is 17.8 Å². The standard InChI is InChI=1S/C14H16FN3S/c1-8-7-9(2)18-14(17-8)13(19-3)10-5-4-6-11(15)12(10)16/h4-7,13H,16H2,1-3H3. The first-order valence-corrected chi connectivity index (χ1v) is 7.20. The molecule has 0 bridgehead atoms. The SMILES string of the molecule is CSC(c1nc(C)cc(C)n1)c1cccc(F)c1N. The molecule has 1 atom stereocenters. The van der Waals surface area contributed by atoms with E-state index in [1.165, 1.54) is 6.07 Å². The maximum Gasteiger partial charge on any atom is 0.146 e. The van der Waals surface area contributed by atoms with Crippen LogP contribution < -0.4 is 5.73 Å². The molecule has 0 aliphatic rings. The summed E-state index contributed by atoms with van der Waals surface area (Å²) >= 11 is 1.54. The zero-order chi connectivity index (χ0) is 14.0. The third-order valence-corrected chi connectivity index (χ3v) is 3.78. The van der Waals surface area contributed by atoms with Gasteiger partial charge in [-0.05, 0) is 37.8 Å². The van der Waals surface area contributed by atoms with E-state index in [1.807, 2.05) is 32.2 Å². The van der Waals surface area contributed by atoms with Crippen LogP contribution in [0.15, 0.2) is 24.3 Å². The topological polar surface area (TPSA) is 51.8 Å². The summed E-state index contributed by atoms with van der Waals surface area (Å²) in [6.45, 7) is 3.84. The summed E-state index contributed by atoms with van der Waals surface area (Å²) in [5, 5.41) is -0.158. The van der Waals surface area contributed by atoms with Crippen molar-refractivity contribution in [3.8, 4) is 0 Å². The summed E-state index contributed by atoms with van der Waals surface area (Å²) in [6.07, 6.45) is 1.94. The number of nitrogen functional groups attached to an aromatic ring is 1. The zero-order valence-electron chi connectivity index (χ0n) is 11.1. The summed E-state index contributed by atoms with van der Waals surface area (Å²) in [7, 11) is 0. The van der Waals surface area contributed by atoms with Crippen LogP contribution in [0, 0.1) is 19.7 Å². The molecular formula is C14H16FN3S. The van der Waals surface area contributed by atoms with Crippen molar-refractivity contribution in [1.82, 2.24) is 9.97 Å². The Morgan fingerprint density at radius 3 is 2.42 bits per heavy atom. The molecule has 19 heavy (non-hydrogen) atoms. The minimum atomic E-state index is -0.402. The van der Waals surface area contributed by atoms with E-state index in [-0.39, 0.29) is 10.9 Å². The number of anilines is 1. The molecular weight excluding hydrogens is 261 g/mol. The second kappa shape index (κ2) is 5.57. The highest BCUT2D eigenvalue weighted by Crippen LogP contribution is 2.36. The summed E-state index contributed by atoms with van der Waals surface area (Å²) in [5.41, 5.74) is 8.52. The van der Waals surface area contributed by atoms with E-state index in [2.05, 4.69) is 9.97 Å². The number of nitrogens with zero attached hydrogens (tertiary/aromatic N) is 2. The molecule has 3 nitrogen and oxygen atoms in total. The zero-order valence-corrected chi connectivity index (χ0v) is 12.0. The van der Waals surface area contributed by atoms with E-state index in [4.69, 9.17) is 5.73 Å². The second-order valence-electron chi connectivity index (χ2n) is 4.37. The Balaban J connectivity index is 2.53. The molecule has 1 aromatic heterocycles. The highest BCUT2D eigenvalue weighted by Gasteiger charge is 2.20. The van der Waals surface area contributed by atoms with Gasteiger partial charge in [0.25, 0.3) is 0 Å². The van der Waals surface area contributed by atoms with Crippen molar-refractivity contribution in [2.75, 3.05) is 12.0 Å².